The Morgan fingerprint density at radius 2 is 1.82 bits per heavy atom. The summed E-state index contributed by atoms with van der Waals surface area (Å²) in [6, 6.07) is 11.3. The third-order valence-electron chi connectivity index (χ3n) is 3.25. The van der Waals surface area contributed by atoms with Gasteiger partial charge in [-0.05, 0) is 54.8 Å². The minimum absolute atomic E-state index is 0.0105. The SMILES string of the molecule is Cc1ccc(C(=O)N/N=C/c2ccc([N+](=O)[O-])cc2)cc1C. The molecule has 22 heavy (non-hydrogen) atoms. The number of carbonyl (C=O) groups excluding carboxylic acids is 1. The maximum absolute atomic E-state index is 11.9. The van der Waals surface area contributed by atoms with Crippen molar-refractivity contribution in [2.45, 2.75) is 13.8 Å². The molecule has 2 aromatic carbocycles. The molecule has 6 heteroatoms. The molecule has 2 rings (SSSR count). The summed E-state index contributed by atoms with van der Waals surface area (Å²) in [7, 11) is 0. The highest BCUT2D eigenvalue weighted by atomic mass is 16.6. The highest BCUT2D eigenvalue weighted by Crippen LogP contribution is 2.11. The Bertz CT molecular complexity index is 737. The van der Waals surface area contributed by atoms with Gasteiger partial charge < -0.3 is 0 Å². The van der Waals surface area contributed by atoms with Gasteiger partial charge in [0.2, 0.25) is 0 Å². The average molecular weight is 297 g/mol. The summed E-state index contributed by atoms with van der Waals surface area (Å²) < 4.78 is 0. The third kappa shape index (κ3) is 3.76. The molecule has 2 aromatic rings. The summed E-state index contributed by atoms with van der Waals surface area (Å²) in [4.78, 5) is 22.0. The van der Waals surface area contributed by atoms with Crippen molar-refractivity contribution < 1.29 is 9.72 Å². The second kappa shape index (κ2) is 6.62. The predicted octanol–water partition coefficient (Wildman–Crippen LogP) is 2.98. The van der Waals surface area contributed by atoms with Crippen molar-refractivity contribution >= 4 is 17.8 Å². The van der Waals surface area contributed by atoms with Gasteiger partial charge in [0.05, 0.1) is 11.1 Å². The third-order valence-corrected chi connectivity index (χ3v) is 3.25. The van der Waals surface area contributed by atoms with Crippen molar-refractivity contribution in [1.82, 2.24) is 5.43 Å². The van der Waals surface area contributed by atoms with Gasteiger partial charge in [-0.25, -0.2) is 5.43 Å². The molecule has 6 nitrogen and oxygen atoms in total. The van der Waals surface area contributed by atoms with Crippen LogP contribution in [0.3, 0.4) is 0 Å². The molecule has 0 radical (unpaired) electrons. The molecular formula is C16H15N3O3. The van der Waals surface area contributed by atoms with Gasteiger partial charge in [0, 0.05) is 17.7 Å². The van der Waals surface area contributed by atoms with Gasteiger partial charge in [0.1, 0.15) is 0 Å². The summed E-state index contributed by atoms with van der Waals surface area (Å²) >= 11 is 0. The van der Waals surface area contributed by atoms with Gasteiger partial charge in [-0.3, -0.25) is 14.9 Å². The second-order valence-corrected chi connectivity index (χ2v) is 4.85. The van der Waals surface area contributed by atoms with Crippen LogP contribution < -0.4 is 5.43 Å². The number of nitrogens with one attached hydrogen (secondary N) is 1. The smallest absolute Gasteiger partial charge is 0.267 e. The van der Waals surface area contributed by atoms with Gasteiger partial charge in [-0.2, -0.15) is 5.10 Å². The van der Waals surface area contributed by atoms with E-state index < -0.39 is 4.92 Å². The zero-order valence-electron chi connectivity index (χ0n) is 12.2. The molecule has 0 saturated heterocycles. The highest BCUT2D eigenvalue weighted by molar-refractivity contribution is 5.95. The molecule has 0 aliphatic rings. The average Bonchev–Trinajstić information content (AvgIpc) is 2.50. The lowest BCUT2D eigenvalue weighted by Crippen LogP contribution is -2.17. The minimum atomic E-state index is -0.470. The molecule has 0 fully saturated rings. The lowest BCUT2D eigenvalue weighted by molar-refractivity contribution is -0.384. The van der Waals surface area contributed by atoms with E-state index in [1.807, 2.05) is 19.9 Å². The van der Waals surface area contributed by atoms with Crippen LogP contribution in [0.5, 0.6) is 0 Å². The Kier molecular flexibility index (Phi) is 4.63. The molecule has 0 heterocycles. The Balaban J connectivity index is 2.00. The van der Waals surface area contributed by atoms with Gasteiger partial charge in [-0.15, -0.1) is 0 Å². The maximum Gasteiger partial charge on any atom is 0.271 e. The van der Waals surface area contributed by atoms with Crippen molar-refractivity contribution in [3.63, 3.8) is 0 Å². The maximum atomic E-state index is 11.9. The Morgan fingerprint density at radius 3 is 2.41 bits per heavy atom. The lowest BCUT2D eigenvalue weighted by Gasteiger charge is -2.03. The molecule has 0 saturated carbocycles. The molecule has 0 atom stereocenters. The van der Waals surface area contributed by atoms with Crippen molar-refractivity contribution in [2.75, 3.05) is 0 Å². The second-order valence-electron chi connectivity index (χ2n) is 4.85. The van der Waals surface area contributed by atoms with Gasteiger partial charge in [0.25, 0.3) is 11.6 Å². The van der Waals surface area contributed by atoms with Crippen molar-refractivity contribution in [1.29, 1.82) is 0 Å². The number of nitro groups is 1. The minimum Gasteiger partial charge on any atom is -0.267 e. The van der Waals surface area contributed by atoms with Crippen LogP contribution in [0.25, 0.3) is 0 Å². The number of hydrogen-bond donors (Lipinski definition) is 1. The topological polar surface area (TPSA) is 84.6 Å². The van der Waals surface area contributed by atoms with Crippen molar-refractivity contribution in [3.05, 3.63) is 74.8 Å². The molecule has 0 aromatic heterocycles. The van der Waals surface area contributed by atoms with E-state index in [1.165, 1.54) is 18.3 Å². The molecular weight excluding hydrogens is 282 g/mol. The number of benzene rings is 2. The number of hydrogen-bond acceptors (Lipinski definition) is 4. The number of amides is 1. The van der Waals surface area contributed by atoms with Crippen LogP contribution in [0.15, 0.2) is 47.6 Å². The van der Waals surface area contributed by atoms with E-state index in [0.717, 1.165) is 11.1 Å². The van der Waals surface area contributed by atoms with Gasteiger partial charge >= 0.3 is 0 Å². The summed E-state index contributed by atoms with van der Waals surface area (Å²) in [6.45, 7) is 3.91. The summed E-state index contributed by atoms with van der Waals surface area (Å²) in [5, 5.41) is 14.4. The molecule has 0 spiro atoms. The molecule has 0 aliphatic heterocycles. The van der Waals surface area contributed by atoms with E-state index in [2.05, 4.69) is 10.5 Å². The van der Waals surface area contributed by atoms with E-state index in [-0.39, 0.29) is 11.6 Å². The molecule has 1 amide bonds. The molecule has 112 valence electrons. The van der Waals surface area contributed by atoms with Crippen LogP contribution in [-0.4, -0.2) is 17.0 Å². The zero-order chi connectivity index (χ0) is 16.1. The monoisotopic (exact) mass is 297 g/mol. The van der Waals surface area contributed by atoms with Crippen molar-refractivity contribution in [3.8, 4) is 0 Å². The molecule has 0 bridgehead atoms. The standard InChI is InChI=1S/C16H15N3O3/c1-11-3-6-14(9-12(11)2)16(20)18-17-10-13-4-7-15(8-5-13)19(21)22/h3-10H,1-2H3,(H,18,20)/b17-10+. The quantitative estimate of drug-likeness (QED) is 0.535. The van der Waals surface area contributed by atoms with Crippen LogP contribution in [0, 0.1) is 24.0 Å². The number of carbonyl (C=O) groups is 1. The first kappa shape index (κ1) is 15.4. The fraction of sp³-hybridized carbons (Fsp3) is 0.125. The fourth-order valence-corrected chi connectivity index (χ4v) is 1.79. The van der Waals surface area contributed by atoms with Gasteiger partial charge in [0.15, 0.2) is 0 Å². The van der Waals surface area contributed by atoms with Crippen LogP contribution in [0.2, 0.25) is 0 Å². The van der Waals surface area contributed by atoms with E-state index >= 15 is 0 Å². The van der Waals surface area contributed by atoms with Crippen LogP contribution >= 0.6 is 0 Å². The summed E-state index contributed by atoms with van der Waals surface area (Å²) in [6.07, 6.45) is 1.43. The van der Waals surface area contributed by atoms with Crippen LogP contribution in [0.4, 0.5) is 5.69 Å². The summed E-state index contributed by atoms with van der Waals surface area (Å²) in [5.74, 6) is -0.304. The predicted molar refractivity (Wildman–Crippen MR) is 84.1 cm³/mol. The first-order chi connectivity index (χ1) is 10.5. The van der Waals surface area contributed by atoms with Gasteiger partial charge in [-0.1, -0.05) is 6.07 Å². The number of hydrazone groups is 1. The number of non-ortho nitro benzene ring substituents is 1. The number of nitro benzene ring substituents is 1. The first-order valence-electron chi connectivity index (χ1n) is 6.62. The lowest BCUT2D eigenvalue weighted by atomic mass is 10.1. The largest absolute Gasteiger partial charge is 0.271 e. The van der Waals surface area contributed by atoms with E-state index in [9.17, 15) is 14.9 Å². The van der Waals surface area contributed by atoms with E-state index in [1.54, 1.807) is 24.3 Å². The number of rotatable bonds is 4. The highest BCUT2D eigenvalue weighted by Gasteiger charge is 2.05. The van der Waals surface area contributed by atoms with Crippen molar-refractivity contribution in [2.24, 2.45) is 5.10 Å². The zero-order valence-corrected chi connectivity index (χ0v) is 12.2. The Hall–Kier alpha value is -3.02. The van der Waals surface area contributed by atoms with E-state index in [0.29, 0.717) is 11.1 Å². The summed E-state index contributed by atoms with van der Waals surface area (Å²) in [5.41, 5.74) is 5.78. The molecule has 0 unspecified atom stereocenters. The Labute approximate surface area is 127 Å². The normalized spacial score (nSPS) is 10.6. The van der Waals surface area contributed by atoms with Crippen LogP contribution in [-0.2, 0) is 0 Å². The molecule has 0 aliphatic carbocycles. The Morgan fingerprint density at radius 1 is 1.14 bits per heavy atom. The number of aryl methyl sites for hydroxylation is 2. The number of nitrogens with zero attached hydrogens (tertiary/aromatic N) is 2. The fourth-order valence-electron chi connectivity index (χ4n) is 1.79. The van der Waals surface area contributed by atoms with E-state index in [4.69, 9.17) is 0 Å². The van der Waals surface area contributed by atoms with Crippen LogP contribution in [0.1, 0.15) is 27.0 Å². The first-order valence-corrected chi connectivity index (χ1v) is 6.62. The molecule has 1 N–H and O–H groups in total.